The molecule has 0 spiro atoms. The van der Waals surface area contributed by atoms with Crippen molar-refractivity contribution in [3.05, 3.63) is 71.8 Å². The summed E-state index contributed by atoms with van der Waals surface area (Å²) in [5, 5.41) is 12.9. The van der Waals surface area contributed by atoms with Gasteiger partial charge in [-0.1, -0.05) is 17.7 Å². The van der Waals surface area contributed by atoms with Crippen molar-refractivity contribution in [1.29, 1.82) is 0 Å². The number of carboxylic acid groups (broad SMARTS) is 1. The van der Waals surface area contributed by atoms with E-state index in [4.69, 9.17) is 0 Å². The summed E-state index contributed by atoms with van der Waals surface area (Å²) in [6.45, 7) is 1.78. The minimum Gasteiger partial charge on any atom is -0.481 e. The summed E-state index contributed by atoms with van der Waals surface area (Å²) >= 11 is 0. The minimum atomic E-state index is -4.80. The molecular formula is C29H26F4N4O4S. The van der Waals surface area contributed by atoms with Crippen LogP contribution in [0, 0.1) is 30.5 Å². The van der Waals surface area contributed by atoms with E-state index in [0.717, 1.165) is 65.8 Å². The number of hydrogen-bond donors (Lipinski definition) is 2. The Bertz CT molecular complexity index is 1800. The van der Waals surface area contributed by atoms with Crippen LogP contribution < -0.4 is 5.32 Å². The van der Waals surface area contributed by atoms with Gasteiger partial charge in [0.25, 0.3) is 10.0 Å². The fourth-order valence-corrected chi connectivity index (χ4v) is 7.68. The lowest BCUT2D eigenvalue weighted by Gasteiger charge is -2.47. The molecule has 0 amide bonds. The molecule has 220 valence electrons. The normalized spacial score (nSPS) is 22.4. The summed E-state index contributed by atoms with van der Waals surface area (Å²) in [5.41, 5.74) is -0.792. The monoisotopic (exact) mass is 602 g/mol. The smallest absolute Gasteiger partial charge is 0.416 e. The summed E-state index contributed by atoms with van der Waals surface area (Å²) in [4.78, 5) is 20.4. The van der Waals surface area contributed by atoms with Gasteiger partial charge >= 0.3 is 12.1 Å². The van der Waals surface area contributed by atoms with Crippen molar-refractivity contribution < 1.29 is 35.9 Å². The predicted octanol–water partition coefficient (Wildman–Crippen LogP) is 6.10. The number of hydrogen-bond acceptors (Lipinski definition) is 6. The number of nitrogens with zero attached hydrogens (tertiary/aromatic N) is 3. The molecule has 3 aromatic heterocycles. The molecule has 7 rings (SSSR count). The molecule has 2 N–H and O–H groups in total. The lowest BCUT2D eigenvalue weighted by molar-refractivity contribution is -0.148. The van der Waals surface area contributed by atoms with Crippen LogP contribution in [0.1, 0.15) is 36.8 Å². The van der Waals surface area contributed by atoms with Gasteiger partial charge in [0.1, 0.15) is 11.6 Å². The molecule has 1 aromatic carbocycles. The lowest BCUT2D eigenvalue weighted by Crippen LogP contribution is -2.51. The van der Waals surface area contributed by atoms with Crippen LogP contribution in [0.3, 0.4) is 0 Å². The highest BCUT2D eigenvalue weighted by Crippen LogP contribution is 2.47. The second kappa shape index (κ2) is 10.1. The number of benzene rings is 1. The quantitative estimate of drug-likeness (QED) is 0.256. The molecule has 0 aliphatic heterocycles. The van der Waals surface area contributed by atoms with Crippen molar-refractivity contribution in [2.45, 2.75) is 49.7 Å². The van der Waals surface area contributed by atoms with Crippen LogP contribution in [0.25, 0.3) is 22.3 Å². The number of carboxylic acids is 1. The fourth-order valence-electron chi connectivity index (χ4n) is 6.35. The number of alkyl halides is 3. The molecule has 2 bridgehead atoms. The number of rotatable bonds is 6. The third-order valence-corrected chi connectivity index (χ3v) is 10.1. The molecule has 3 aliphatic carbocycles. The molecule has 3 saturated carbocycles. The van der Waals surface area contributed by atoms with Crippen LogP contribution >= 0.6 is 0 Å². The third-order valence-electron chi connectivity index (χ3n) is 8.40. The first-order valence-electron chi connectivity index (χ1n) is 13.4. The summed E-state index contributed by atoms with van der Waals surface area (Å²) in [5.74, 6) is -2.94. The van der Waals surface area contributed by atoms with Crippen LogP contribution in [0.15, 0.2) is 59.8 Å². The van der Waals surface area contributed by atoms with Gasteiger partial charge in [-0.15, -0.1) is 0 Å². The lowest BCUT2D eigenvalue weighted by atomic mass is 9.61. The number of halogens is 4. The average Bonchev–Trinajstić information content (AvgIpc) is 3.32. The Morgan fingerprint density at radius 1 is 1.05 bits per heavy atom. The maximum absolute atomic E-state index is 14.4. The molecule has 3 aliphatic rings. The summed E-state index contributed by atoms with van der Waals surface area (Å²) in [6, 6.07) is 7.92. The Morgan fingerprint density at radius 3 is 2.36 bits per heavy atom. The third kappa shape index (κ3) is 4.89. The van der Waals surface area contributed by atoms with E-state index in [0.29, 0.717) is 0 Å². The van der Waals surface area contributed by atoms with Gasteiger partial charge in [0.05, 0.1) is 28.3 Å². The number of anilines is 1. The molecule has 3 fully saturated rings. The largest absolute Gasteiger partial charge is 0.481 e. The van der Waals surface area contributed by atoms with Gasteiger partial charge in [0.2, 0.25) is 0 Å². The topological polar surface area (TPSA) is 114 Å². The van der Waals surface area contributed by atoms with E-state index in [1.165, 1.54) is 12.1 Å². The molecule has 42 heavy (non-hydrogen) atoms. The number of fused-ring (bicyclic) bond motifs is 4. The van der Waals surface area contributed by atoms with E-state index < -0.39 is 45.5 Å². The average molecular weight is 603 g/mol. The molecule has 0 radical (unpaired) electrons. The highest BCUT2D eigenvalue weighted by atomic mass is 32.2. The Labute approximate surface area is 238 Å². The SMILES string of the molecule is Cc1ccc(S(=O)(=O)n2cc(-c3cc(C(F)(F)F)cc(NC4C5CCC(CC5)C4C(=O)O)n3)c3cc(F)cnc32)cc1. The fraction of sp³-hybridized carbons (Fsp3) is 0.345. The molecule has 8 nitrogen and oxygen atoms in total. The van der Waals surface area contributed by atoms with Gasteiger partial charge in [0.15, 0.2) is 5.65 Å². The van der Waals surface area contributed by atoms with Crippen molar-refractivity contribution in [3.8, 4) is 11.3 Å². The highest BCUT2D eigenvalue weighted by Gasteiger charge is 2.47. The van der Waals surface area contributed by atoms with Crippen molar-refractivity contribution in [3.63, 3.8) is 0 Å². The van der Waals surface area contributed by atoms with Crippen LogP contribution in [0.4, 0.5) is 23.4 Å². The molecular weight excluding hydrogens is 576 g/mol. The molecule has 3 heterocycles. The number of carbonyl (C=O) groups is 1. The van der Waals surface area contributed by atoms with Crippen LogP contribution in [-0.2, 0) is 21.0 Å². The van der Waals surface area contributed by atoms with Crippen molar-refractivity contribution in [2.75, 3.05) is 5.32 Å². The number of aryl methyl sites for hydroxylation is 1. The van der Waals surface area contributed by atoms with E-state index in [1.807, 2.05) is 0 Å². The van der Waals surface area contributed by atoms with Gasteiger partial charge in [0, 0.05) is 23.2 Å². The molecule has 0 saturated heterocycles. The molecule has 13 heteroatoms. The minimum absolute atomic E-state index is 0.0456. The highest BCUT2D eigenvalue weighted by molar-refractivity contribution is 7.90. The van der Waals surface area contributed by atoms with Crippen LogP contribution in [0.2, 0.25) is 0 Å². The predicted molar refractivity (Wildman–Crippen MR) is 146 cm³/mol. The first kappa shape index (κ1) is 28.1. The van der Waals surface area contributed by atoms with E-state index in [2.05, 4.69) is 15.3 Å². The maximum atomic E-state index is 14.4. The zero-order valence-corrected chi connectivity index (χ0v) is 23.1. The Kier molecular flexibility index (Phi) is 6.75. The van der Waals surface area contributed by atoms with Crippen LogP contribution in [-0.4, -0.2) is 39.5 Å². The number of aliphatic carboxylic acids is 1. The van der Waals surface area contributed by atoms with E-state index in [1.54, 1.807) is 19.1 Å². The standard InChI is InChI=1S/C29H26F4N4O4S/c1-15-2-8-20(9-3-15)42(40,41)37-14-22(21-12-19(30)13-34-27(21)37)23-10-18(29(31,32)33)11-24(35-23)36-26-17-6-4-16(5-7-17)25(26)28(38)39/h2-3,8-14,16-17,25-26H,4-7H2,1H3,(H,35,36)(H,38,39). The molecule has 2 atom stereocenters. The first-order chi connectivity index (χ1) is 19.8. The van der Waals surface area contributed by atoms with Gasteiger partial charge in [-0.3, -0.25) is 4.79 Å². The van der Waals surface area contributed by atoms with E-state index in [9.17, 15) is 35.9 Å². The number of aromatic nitrogens is 3. The Balaban J connectivity index is 1.50. The van der Waals surface area contributed by atoms with Gasteiger partial charge in [-0.25, -0.2) is 26.7 Å². The van der Waals surface area contributed by atoms with E-state index >= 15 is 0 Å². The van der Waals surface area contributed by atoms with Gasteiger partial charge in [-0.05, 0) is 74.8 Å². The summed E-state index contributed by atoms with van der Waals surface area (Å²) in [6.07, 6.45) is 0.108. The van der Waals surface area contributed by atoms with Crippen LogP contribution in [0.5, 0.6) is 0 Å². The van der Waals surface area contributed by atoms with Gasteiger partial charge < -0.3 is 10.4 Å². The zero-order chi connectivity index (χ0) is 30.0. The second-order valence-electron chi connectivity index (χ2n) is 11.0. The van der Waals surface area contributed by atoms with E-state index in [-0.39, 0.29) is 44.8 Å². The molecule has 4 aromatic rings. The number of pyridine rings is 2. The van der Waals surface area contributed by atoms with Gasteiger partial charge in [-0.2, -0.15) is 13.2 Å². The maximum Gasteiger partial charge on any atom is 0.416 e. The zero-order valence-electron chi connectivity index (χ0n) is 22.3. The first-order valence-corrected chi connectivity index (χ1v) is 14.8. The summed E-state index contributed by atoms with van der Waals surface area (Å²) < 4.78 is 84.6. The number of nitrogens with one attached hydrogen (secondary N) is 1. The summed E-state index contributed by atoms with van der Waals surface area (Å²) in [7, 11) is -4.28. The van der Waals surface area contributed by atoms with Crippen molar-refractivity contribution in [2.24, 2.45) is 17.8 Å². The van der Waals surface area contributed by atoms with Crippen molar-refractivity contribution >= 4 is 32.8 Å². The second-order valence-corrected chi connectivity index (χ2v) is 12.8. The Morgan fingerprint density at radius 2 is 1.71 bits per heavy atom. The molecule has 2 unspecified atom stereocenters. The van der Waals surface area contributed by atoms with Crippen molar-refractivity contribution in [1.82, 2.24) is 13.9 Å². The Hall–Kier alpha value is -4.00.